The molecule has 0 saturated carbocycles. The first-order valence-electron chi connectivity index (χ1n) is 5.48. The fourth-order valence-corrected chi connectivity index (χ4v) is 2.31. The fraction of sp³-hybridized carbons (Fsp3) is 0.154. The van der Waals surface area contributed by atoms with Crippen LogP contribution in [-0.2, 0) is 6.54 Å². The van der Waals surface area contributed by atoms with E-state index in [1.54, 1.807) is 24.5 Å². The standard InChI is InChI=1S/C13H13FN2OS/c1-15-12-10(3-2-4-11(12)14)13(17)16-7-9-5-6-18-8-9/h2-6,8,15H,7H2,1H3,(H,16,17). The second kappa shape index (κ2) is 5.64. The molecule has 18 heavy (non-hydrogen) atoms. The van der Waals surface area contributed by atoms with Crippen LogP contribution in [-0.4, -0.2) is 13.0 Å². The molecule has 1 aromatic carbocycles. The summed E-state index contributed by atoms with van der Waals surface area (Å²) in [5.41, 5.74) is 1.57. The normalized spacial score (nSPS) is 10.1. The molecule has 0 atom stereocenters. The number of rotatable bonds is 4. The van der Waals surface area contributed by atoms with Crippen molar-refractivity contribution in [2.24, 2.45) is 0 Å². The smallest absolute Gasteiger partial charge is 0.253 e. The van der Waals surface area contributed by atoms with E-state index < -0.39 is 5.82 Å². The van der Waals surface area contributed by atoms with Gasteiger partial charge in [-0.3, -0.25) is 4.79 Å². The molecule has 0 fully saturated rings. The number of thiophene rings is 1. The number of benzene rings is 1. The van der Waals surface area contributed by atoms with Gasteiger partial charge in [0.05, 0.1) is 11.3 Å². The van der Waals surface area contributed by atoms with E-state index in [9.17, 15) is 9.18 Å². The SMILES string of the molecule is CNc1c(F)cccc1C(=O)NCc1ccsc1. The van der Waals surface area contributed by atoms with E-state index in [1.165, 1.54) is 12.1 Å². The topological polar surface area (TPSA) is 41.1 Å². The number of halogens is 1. The van der Waals surface area contributed by atoms with E-state index in [2.05, 4.69) is 10.6 Å². The van der Waals surface area contributed by atoms with Crippen LogP contribution in [0.25, 0.3) is 0 Å². The molecular weight excluding hydrogens is 251 g/mol. The van der Waals surface area contributed by atoms with Crippen LogP contribution in [0.4, 0.5) is 10.1 Å². The predicted molar refractivity (Wildman–Crippen MR) is 71.4 cm³/mol. The van der Waals surface area contributed by atoms with Crippen molar-refractivity contribution in [1.29, 1.82) is 0 Å². The number of carbonyl (C=O) groups is 1. The van der Waals surface area contributed by atoms with Crippen LogP contribution < -0.4 is 10.6 Å². The Morgan fingerprint density at radius 3 is 2.89 bits per heavy atom. The zero-order chi connectivity index (χ0) is 13.0. The molecule has 0 bridgehead atoms. The van der Waals surface area contributed by atoms with Gasteiger partial charge >= 0.3 is 0 Å². The molecule has 0 aliphatic heterocycles. The Labute approximate surface area is 109 Å². The van der Waals surface area contributed by atoms with E-state index in [0.29, 0.717) is 12.1 Å². The lowest BCUT2D eigenvalue weighted by atomic mass is 10.1. The van der Waals surface area contributed by atoms with Gasteiger partial charge in [-0.1, -0.05) is 6.07 Å². The van der Waals surface area contributed by atoms with Crippen molar-refractivity contribution in [3.63, 3.8) is 0 Å². The number of hydrogen-bond donors (Lipinski definition) is 2. The first-order valence-corrected chi connectivity index (χ1v) is 6.42. The third-order valence-electron chi connectivity index (χ3n) is 2.54. The van der Waals surface area contributed by atoms with Gasteiger partial charge in [0.1, 0.15) is 5.82 Å². The van der Waals surface area contributed by atoms with Crippen molar-refractivity contribution in [1.82, 2.24) is 5.32 Å². The lowest BCUT2D eigenvalue weighted by Crippen LogP contribution is -2.23. The summed E-state index contributed by atoms with van der Waals surface area (Å²) in [4.78, 5) is 12.0. The van der Waals surface area contributed by atoms with Crippen molar-refractivity contribution in [2.75, 3.05) is 12.4 Å². The molecule has 94 valence electrons. The molecule has 2 N–H and O–H groups in total. The zero-order valence-corrected chi connectivity index (χ0v) is 10.7. The minimum atomic E-state index is -0.430. The van der Waals surface area contributed by atoms with Crippen LogP contribution in [0, 0.1) is 5.82 Å². The van der Waals surface area contributed by atoms with Gasteiger partial charge in [-0.05, 0) is 34.5 Å². The number of carbonyl (C=O) groups excluding carboxylic acids is 1. The van der Waals surface area contributed by atoms with Gasteiger partial charge in [0.25, 0.3) is 5.91 Å². The average Bonchev–Trinajstić information content (AvgIpc) is 2.88. The van der Waals surface area contributed by atoms with Crippen LogP contribution in [0.15, 0.2) is 35.0 Å². The van der Waals surface area contributed by atoms with Crippen molar-refractivity contribution < 1.29 is 9.18 Å². The first-order chi connectivity index (χ1) is 8.72. The zero-order valence-electron chi connectivity index (χ0n) is 9.87. The summed E-state index contributed by atoms with van der Waals surface area (Å²) in [7, 11) is 1.59. The Bertz CT molecular complexity index is 540. The maximum atomic E-state index is 13.5. The van der Waals surface area contributed by atoms with Gasteiger partial charge in [0, 0.05) is 13.6 Å². The summed E-state index contributed by atoms with van der Waals surface area (Å²) in [5.74, 6) is -0.717. The maximum absolute atomic E-state index is 13.5. The number of hydrogen-bond acceptors (Lipinski definition) is 3. The highest BCUT2D eigenvalue weighted by Gasteiger charge is 2.13. The quantitative estimate of drug-likeness (QED) is 0.891. The van der Waals surface area contributed by atoms with Crippen molar-refractivity contribution >= 4 is 22.9 Å². The summed E-state index contributed by atoms with van der Waals surface area (Å²) in [6.45, 7) is 0.446. The first kappa shape index (κ1) is 12.6. The van der Waals surface area contributed by atoms with Crippen molar-refractivity contribution in [3.05, 3.63) is 52.0 Å². The second-order valence-corrected chi connectivity index (χ2v) is 4.51. The van der Waals surface area contributed by atoms with Gasteiger partial charge in [0.15, 0.2) is 0 Å². The minimum Gasteiger partial charge on any atom is -0.385 e. The van der Waals surface area contributed by atoms with E-state index in [-0.39, 0.29) is 11.6 Å². The van der Waals surface area contributed by atoms with Gasteiger partial charge in [-0.25, -0.2) is 4.39 Å². The third kappa shape index (κ3) is 2.68. The van der Waals surface area contributed by atoms with Crippen molar-refractivity contribution in [3.8, 4) is 0 Å². The van der Waals surface area contributed by atoms with E-state index in [0.717, 1.165) is 5.56 Å². The van der Waals surface area contributed by atoms with Gasteiger partial charge in [0.2, 0.25) is 0 Å². The molecule has 1 aromatic heterocycles. The lowest BCUT2D eigenvalue weighted by Gasteiger charge is -2.10. The van der Waals surface area contributed by atoms with E-state index >= 15 is 0 Å². The highest BCUT2D eigenvalue weighted by molar-refractivity contribution is 7.07. The van der Waals surface area contributed by atoms with Crippen molar-refractivity contribution in [2.45, 2.75) is 6.54 Å². The summed E-state index contributed by atoms with van der Waals surface area (Å²) >= 11 is 1.57. The van der Waals surface area contributed by atoms with Crippen LogP contribution in [0.1, 0.15) is 15.9 Å². The Morgan fingerprint density at radius 2 is 2.22 bits per heavy atom. The summed E-state index contributed by atoms with van der Waals surface area (Å²) in [6.07, 6.45) is 0. The van der Waals surface area contributed by atoms with E-state index in [1.807, 2.05) is 16.8 Å². The second-order valence-electron chi connectivity index (χ2n) is 3.73. The van der Waals surface area contributed by atoms with Crippen LogP contribution in [0.2, 0.25) is 0 Å². The number of amides is 1. The molecule has 5 heteroatoms. The molecule has 1 heterocycles. The molecule has 0 saturated heterocycles. The Kier molecular flexibility index (Phi) is 3.94. The highest BCUT2D eigenvalue weighted by atomic mass is 32.1. The average molecular weight is 264 g/mol. The number of nitrogens with one attached hydrogen (secondary N) is 2. The van der Waals surface area contributed by atoms with Crippen LogP contribution >= 0.6 is 11.3 Å². The monoisotopic (exact) mass is 264 g/mol. The summed E-state index contributed by atoms with van der Waals surface area (Å²) in [5, 5.41) is 9.38. The third-order valence-corrected chi connectivity index (χ3v) is 3.27. The largest absolute Gasteiger partial charge is 0.385 e. The van der Waals surface area contributed by atoms with Crippen LogP contribution in [0.3, 0.4) is 0 Å². The summed E-state index contributed by atoms with van der Waals surface area (Å²) < 4.78 is 13.5. The maximum Gasteiger partial charge on any atom is 0.253 e. The van der Waals surface area contributed by atoms with Gasteiger partial charge < -0.3 is 10.6 Å². The van der Waals surface area contributed by atoms with Gasteiger partial charge in [-0.2, -0.15) is 11.3 Å². The molecular formula is C13H13FN2OS. The Hall–Kier alpha value is -1.88. The number of anilines is 1. The predicted octanol–water partition coefficient (Wildman–Crippen LogP) is 2.86. The molecule has 2 aromatic rings. The molecule has 0 spiro atoms. The Balaban J connectivity index is 2.11. The molecule has 0 unspecified atom stereocenters. The highest BCUT2D eigenvalue weighted by Crippen LogP contribution is 2.19. The van der Waals surface area contributed by atoms with Gasteiger partial charge in [-0.15, -0.1) is 0 Å². The fourth-order valence-electron chi connectivity index (χ4n) is 1.64. The molecule has 0 aliphatic rings. The minimum absolute atomic E-state index is 0.223. The molecule has 1 amide bonds. The summed E-state index contributed by atoms with van der Waals surface area (Å²) in [6, 6.07) is 6.38. The Morgan fingerprint density at radius 1 is 1.39 bits per heavy atom. The van der Waals surface area contributed by atoms with E-state index in [4.69, 9.17) is 0 Å². The number of para-hydroxylation sites is 1. The molecule has 0 aliphatic carbocycles. The van der Waals surface area contributed by atoms with Crippen LogP contribution in [0.5, 0.6) is 0 Å². The lowest BCUT2D eigenvalue weighted by molar-refractivity contribution is 0.0951. The molecule has 2 rings (SSSR count). The molecule has 3 nitrogen and oxygen atoms in total. The molecule has 0 radical (unpaired) electrons.